The molecule has 1 aromatic rings. The van der Waals surface area contributed by atoms with E-state index in [0.717, 1.165) is 16.3 Å². The van der Waals surface area contributed by atoms with Crippen LogP contribution in [0.5, 0.6) is 0 Å². The van der Waals surface area contributed by atoms with Crippen LogP contribution in [0.1, 0.15) is 30.6 Å². The maximum atomic E-state index is 12.2. The summed E-state index contributed by atoms with van der Waals surface area (Å²) in [5.74, 6) is 2.47. The van der Waals surface area contributed by atoms with Crippen molar-refractivity contribution in [1.29, 1.82) is 0 Å². The molecule has 16 heavy (non-hydrogen) atoms. The van der Waals surface area contributed by atoms with E-state index < -0.39 is 0 Å². The first-order valence-electron chi connectivity index (χ1n) is 5.98. The first kappa shape index (κ1) is 11.0. The van der Waals surface area contributed by atoms with Crippen LogP contribution in [0.15, 0.2) is 15.9 Å². The summed E-state index contributed by atoms with van der Waals surface area (Å²) in [5, 5.41) is 2.06. The smallest absolute Gasteiger partial charge is 0.141 e. The third kappa shape index (κ3) is 2.00. The number of halogens is 1. The van der Waals surface area contributed by atoms with E-state index in [0.29, 0.717) is 18.1 Å². The van der Waals surface area contributed by atoms with Gasteiger partial charge in [0.2, 0.25) is 0 Å². The van der Waals surface area contributed by atoms with Crippen LogP contribution in [0.4, 0.5) is 0 Å². The molecule has 0 radical (unpaired) electrons. The summed E-state index contributed by atoms with van der Waals surface area (Å²) >= 11 is 5.13. The number of hydrogen-bond donors (Lipinski definition) is 0. The van der Waals surface area contributed by atoms with Crippen molar-refractivity contribution in [3.05, 3.63) is 20.8 Å². The van der Waals surface area contributed by atoms with Gasteiger partial charge in [-0.05, 0) is 53.1 Å². The van der Waals surface area contributed by atoms with E-state index in [9.17, 15) is 4.79 Å². The second-order valence-corrected chi connectivity index (χ2v) is 7.07. The van der Waals surface area contributed by atoms with Gasteiger partial charge in [0.05, 0.1) is 0 Å². The number of hydrogen-bond acceptors (Lipinski definition) is 2. The van der Waals surface area contributed by atoms with Crippen molar-refractivity contribution in [3.8, 4) is 0 Å². The molecule has 0 aromatic carbocycles. The molecule has 0 saturated heterocycles. The van der Waals surface area contributed by atoms with Gasteiger partial charge in [-0.1, -0.05) is 6.42 Å². The van der Waals surface area contributed by atoms with Gasteiger partial charge in [-0.15, -0.1) is 11.3 Å². The average molecular weight is 299 g/mol. The van der Waals surface area contributed by atoms with E-state index in [4.69, 9.17) is 0 Å². The van der Waals surface area contributed by atoms with Crippen molar-refractivity contribution in [1.82, 2.24) is 0 Å². The van der Waals surface area contributed by atoms with Gasteiger partial charge in [0.1, 0.15) is 5.78 Å². The highest BCUT2D eigenvalue weighted by molar-refractivity contribution is 9.10. The molecule has 0 aliphatic heterocycles. The molecule has 3 atom stereocenters. The van der Waals surface area contributed by atoms with Gasteiger partial charge in [-0.3, -0.25) is 4.79 Å². The summed E-state index contributed by atoms with van der Waals surface area (Å²) in [6, 6.07) is 2.08. The lowest BCUT2D eigenvalue weighted by molar-refractivity contribution is -0.123. The third-order valence-electron chi connectivity index (χ3n) is 4.12. The van der Waals surface area contributed by atoms with Crippen molar-refractivity contribution < 1.29 is 4.79 Å². The molecule has 0 amide bonds. The average Bonchev–Trinajstić information content (AvgIpc) is 2.93. The fourth-order valence-corrected chi connectivity index (χ4v) is 4.85. The van der Waals surface area contributed by atoms with Crippen molar-refractivity contribution in [2.75, 3.05) is 0 Å². The summed E-state index contributed by atoms with van der Waals surface area (Å²) in [5.41, 5.74) is 0. The molecule has 2 aliphatic rings. The molecule has 3 unspecified atom stereocenters. The summed E-state index contributed by atoms with van der Waals surface area (Å²) in [7, 11) is 0. The van der Waals surface area contributed by atoms with Gasteiger partial charge in [-0.25, -0.2) is 0 Å². The lowest BCUT2D eigenvalue weighted by atomic mass is 9.84. The molecule has 2 aliphatic carbocycles. The fourth-order valence-electron chi connectivity index (χ4n) is 3.39. The molecule has 0 N–H and O–H groups in total. The number of carbonyl (C=O) groups is 1. The standard InChI is InChI=1S/C13H15BrOS/c14-10-5-11(16-7-10)6-13(15)12-4-8-1-2-9(12)3-8/h5,7-9,12H,1-4,6H2. The summed E-state index contributed by atoms with van der Waals surface area (Å²) in [6.45, 7) is 0. The maximum Gasteiger partial charge on any atom is 0.141 e. The minimum absolute atomic E-state index is 0.389. The van der Waals surface area contributed by atoms with Crippen LogP contribution in [0.3, 0.4) is 0 Å². The van der Waals surface area contributed by atoms with E-state index in [1.54, 1.807) is 11.3 Å². The topological polar surface area (TPSA) is 17.1 Å². The fraction of sp³-hybridized carbons (Fsp3) is 0.615. The normalized spacial score (nSPS) is 32.2. The maximum absolute atomic E-state index is 12.2. The Morgan fingerprint density at radius 2 is 2.31 bits per heavy atom. The molecule has 2 fully saturated rings. The third-order valence-corrected chi connectivity index (χ3v) is 5.82. The molecule has 3 rings (SSSR count). The summed E-state index contributed by atoms with van der Waals surface area (Å²) in [6.07, 6.45) is 5.83. The Labute approximate surface area is 108 Å². The Bertz CT molecular complexity index is 412. The molecule has 0 spiro atoms. The first-order valence-corrected chi connectivity index (χ1v) is 7.65. The van der Waals surface area contributed by atoms with Crippen molar-refractivity contribution in [2.45, 2.75) is 32.1 Å². The predicted octanol–water partition coefficient (Wildman–Crippen LogP) is 4.06. The van der Waals surface area contributed by atoms with Crippen molar-refractivity contribution >= 4 is 33.0 Å². The lowest BCUT2D eigenvalue weighted by Crippen LogP contribution is -2.22. The molecule has 86 valence electrons. The minimum Gasteiger partial charge on any atom is -0.299 e. The molecule has 3 heteroatoms. The zero-order valence-electron chi connectivity index (χ0n) is 9.12. The van der Waals surface area contributed by atoms with Gasteiger partial charge in [0.25, 0.3) is 0 Å². The van der Waals surface area contributed by atoms with E-state index >= 15 is 0 Å². The zero-order valence-corrected chi connectivity index (χ0v) is 11.5. The largest absolute Gasteiger partial charge is 0.299 e. The van der Waals surface area contributed by atoms with Crippen molar-refractivity contribution in [2.24, 2.45) is 17.8 Å². The number of thiophene rings is 1. The van der Waals surface area contributed by atoms with Gasteiger partial charge >= 0.3 is 0 Å². The second-order valence-electron chi connectivity index (χ2n) is 5.16. The second kappa shape index (κ2) is 4.26. The minimum atomic E-state index is 0.389. The van der Waals surface area contributed by atoms with Crippen LogP contribution in [0, 0.1) is 17.8 Å². The molecule has 1 heterocycles. The first-order chi connectivity index (χ1) is 7.72. The quantitative estimate of drug-likeness (QED) is 0.822. The van der Waals surface area contributed by atoms with Gasteiger partial charge in [0.15, 0.2) is 0 Å². The van der Waals surface area contributed by atoms with E-state index in [2.05, 4.69) is 27.4 Å². The number of ketones is 1. The summed E-state index contributed by atoms with van der Waals surface area (Å²) in [4.78, 5) is 13.4. The number of fused-ring (bicyclic) bond motifs is 2. The van der Waals surface area contributed by atoms with Gasteiger partial charge in [0, 0.05) is 27.1 Å². The molecule has 1 aromatic heterocycles. The Balaban J connectivity index is 1.65. The molecular weight excluding hydrogens is 284 g/mol. The predicted molar refractivity (Wildman–Crippen MR) is 69.7 cm³/mol. The van der Waals surface area contributed by atoms with E-state index in [-0.39, 0.29) is 0 Å². The highest BCUT2D eigenvalue weighted by Gasteiger charge is 2.42. The molecule has 1 nitrogen and oxygen atoms in total. The van der Waals surface area contributed by atoms with E-state index in [1.807, 2.05) is 0 Å². The summed E-state index contributed by atoms with van der Waals surface area (Å²) < 4.78 is 1.10. The molecule has 2 saturated carbocycles. The number of Topliss-reactive ketones (excluding diaryl/α,β-unsaturated/α-hetero) is 1. The monoisotopic (exact) mass is 298 g/mol. The van der Waals surface area contributed by atoms with Crippen LogP contribution in [-0.4, -0.2) is 5.78 Å². The number of carbonyl (C=O) groups excluding carboxylic acids is 1. The Hall–Kier alpha value is -0.150. The highest BCUT2D eigenvalue weighted by Crippen LogP contribution is 2.48. The lowest BCUT2D eigenvalue weighted by Gasteiger charge is -2.19. The van der Waals surface area contributed by atoms with Gasteiger partial charge < -0.3 is 0 Å². The van der Waals surface area contributed by atoms with Crippen LogP contribution in [0.25, 0.3) is 0 Å². The molecular formula is C13H15BrOS. The zero-order chi connectivity index (χ0) is 11.1. The van der Waals surface area contributed by atoms with Crippen LogP contribution in [-0.2, 0) is 11.2 Å². The highest BCUT2D eigenvalue weighted by atomic mass is 79.9. The molecule has 2 bridgehead atoms. The Morgan fingerprint density at radius 3 is 2.88 bits per heavy atom. The Kier molecular flexibility index (Phi) is 2.92. The van der Waals surface area contributed by atoms with Crippen molar-refractivity contribution in [3.63, 3.8) is 0 Å². The van der Waals surface area contributed by atoms with Gasteiger partial charge in [-0.2, -0.15) is 0 Å². The van der Waals surface area contributed by atoms with Crippen LogP contribution in [0.2, 0.25) is 0 Å². The Morgan fingerprint density at radius 1 is 1.44 bits per heavy atom. The van der Waals surface area contributed by atoms with E-state index in [1.165, 1.54) is 30.6 Å². The number of rotatable bonds is 3. The van der Waals surface area contributed by atoms with Crippen LogP contribution < -0.4 is 0 Å². The SMILES string of the molecule is O=C(Cc1cc(Br)cs1)C1CC2CCC1C2. The van der Waals surface area contributed by atoms with Crippen LogP contribution >= 0.6 is 27.3 Å².